The molecule has 0 bridgehead atoms. The van der Waals surface area contributed by atoms with Gasteiger partial charge in [0.25, 0.3) is 0 Å². The number of halogens is 1. The van der Waals surface area contributed by atoms with Crippen molar-refractivity contribution in [3.8, 4) is 5.69 Å². The minimum atomic E-state index is 0. The van der Waals surface area contributed by atoms with E-state index < -0.39 is 0 Å². The minimum Gasteiger partial charge on any atom is -1.00 e. The summed E-state index contributed by atoms with van der Waals surface area (Å²) in [6, 6.07) is 5.65. The molecular weight excluding hydrogens is 854 g/mol. The number of fused-ring (bicyclic) bond motifs is 4. The molecule has 2 aliphatic heterocycles. The minimum absolute atomic E-state index is 0. The van der Waals surface area contributed by atoms with Crippen LogP contribution in [-0.4, -0.2) is 22.6 Å². The number of aliphatic imine (C=N–C) groups is 1. The van der Waals surface area contributed by atoms with Gasteiger partial charge in [-0.05, 0) is 149 Å². The molecule has 0 spiro atoms. The quantitative estimate of drug-likeness (QED) is 0.128. The van der Waals surface area contributed by atoms with Gasteiger partial charge in [-0.1, -0.05) is 105 Å². The Morgan fingerprint density at radius 2 is 0.984 bits per heavy atom. The van der Waals surface area contributed by atoms with Crippen molar-refractivity contribution in [2.75, 3.05) is 0 Å². The summed E-state index contributed by atoms with van der Waals surface area (Å²) in [4.78, 5) is 14.9. The third-order valence-electron chi connectivity index (χ3n) is 16.7. The second-order valence-electron chi connectivity index (χ2n) is 19.5. The number of dihydropyridines is 1. The van der Waals surface area contributed by atoms with Crippen molar-refractivity contribution in [2.45, 2.75) is 154 Å². The predicted molar refractivity (Wildman–Crippen MR) is 256 cm³/mol. The molecule has 0 N–H and O–H groups in total. The van der Waals surface area contributed by atoms with Gasteiger partial charge < -0.3 is 42.1 Å². The molecule has 4 nitrogen and oxygen atoms in total. The van der Waals surface area contributed by atoms with E-state index in [2.05, 4.69) is 149 Å². The number of carbonyl (C=O) groups excluding carboxylic acids is 1. The number of hydrogen-bond donors (Lipinski definition) is 0. The SMILES string of the molecule is CC1=CC(C=O)=NC2CCCC12.CC1=Cc2c[n+](-c3c(C)cc(C)cc3C)cn2C2CCCC12.CC1C(C)C(C)C(C)C1C.CC1C(C)C(C)C(C)C1C.[CH3-].[CH3-].[CH3-].[CH3-].[Cl-].[Fe+2].[Fe+2]. The molecular formula is C54H90ClFe2N3O. The Morgan fingerprint density at radius 1 is 0.590 bits per heavy atom. The zero-order valence-electron chi connectivity index (χ0n) is 42.2. The first-order valence-electron chi connectivity index (χ1n) is 22.1. The zero-order valence-corrected chi connectivity index (χ0v) is 45.2. The average Bonchev–Trinajstić information content (AvgIpc) is 3.96. The Labute approximate surface area is 406 Å². The van der Waals surface area contributed by atoms with E-state index in [4.69, 9.17) is 0 Å². The first kappa shape index (κ1) is 63.9. The number of carbonyl (C=O) groups is 1. The van der Waals surface area contributed by atoms with E-state index in [0.29, 0.717) is 23.7 Å². The van der Waals surface area contributed by atoms with E-state index in [9.17, 15) is 4.79 Å². The maximum absolute atomic E-state index is 10.5. The van der Waals surface area contributed by atoms with Crippen molar-refractivity contribution in [1.82, 2.24) is 4.57 Å². The summed E-state index contributed by atoms with van der Waals surface area (Å²) in [7, 11) is 0. The van der Waals surface area contributed by atoms with Gasteiger partial charge in [0.15, 0.2) is 12.0 Å². The zero-order chi connectivity index (χ0) is 39.8. The van der Waals surface area contributed by atoms with Gasteiger partial charge in [0.2, 0.25) is 6.33 Å². The summed E-state index contributed by atoms with van der Waals surface area (Å²) in [5.74, 6) is 10.7. The second-order valence-corrected chi connectivity index (χ2v) is 19.5. The molecule has 61 heavy (non-hydrogen) atoms. The van der Waals surface area contributed by atoms with Crippen molar-refractivity contribution >= 4 is 18.1 Å². The number of imidazole rings is 1. The summed E-state index contributed by atoms with van der Waals surface area (Å²) in [6.07, 6.45) is 17.5. The first-order valence-corrected chi connectivity index (χ1v) is 22.1. The van der Waals surface area contributed by atoms with Crippen molar-refractivity contribution in [2.24, 2.45) is 76.0 Å². The van der Waals surface area contributed by atoms with Gasteiger partial charge in [0, 0.05) is 11.8 Å². The number of aromatic nitrogens is 2. The van der Waals surface area contributed by atoms with Crippen molar-refractivity contribution in [3.05, 3.63) is 94.0 Å². The molecule has 1 aromatic carbocycles. The van der Waals surface area contributed by atoms with Crippen LogP contribution in [0.3, 0.4) is 0 Å². The van der Waals surface area contributed by atoms with Crippen LogP contribution in [0.5, 0.6) is 0 Å². The monoisotopic (exact) mass is 944 g/mol. The largest absolute Gasteiger partial charge is 2.00 e. The summed E-state index contributed by atoms with van der Waals surface area (Å²) < 4.78 is 4.85. The predicted octanol–water partition coefficient (Wildman–Crippen LogP) is 11.4. The molecule has 4 atom stereocenters. The van der Waals surface area contributed by atoms with Gasteiger partial charge >= 0.3 is 34.1 Å². The van der Waals surface area contributed by atoms with Crippen LogP contribution in [0.4, 0.5) is 0 Å². The van der Waals surface area contributed by atoms with E-state index in [-0.39, 0.29) is 76.3 Å². The molecule has 8 rings (SSSR count). The summed E-state index contributed by atoms with van der Waals surface area (Å²) >= 11 is 0. The van der Waals surface area contributed by atoms with E-state index in [1.807, 2.05) is 6.08 Å². The fraction of sp³-hybridized carbons (Fsp3) is 0.648. The number of hydrogen-bond acceptors (Lipinski definition) is 2. The molecule has 4 fully saturated rings. The molecule has 2 aromatic rings. The first-order chi connectivity index (χ1) is 25.5. The third-order valence-corrected chi connectivity index (χ3v) is 16.7. The van der Waals surface area contributed by atoms with Gasteiger partial charge in [-0.25, -0.2) is 9.13 Å². The average molecular weight is 944 g/mol. The molecule has 6 aliphatic rings. The molecule has 4 saturated carbocycles. The number of rotatable bonds is 2. The van der Waals surface area contributed by atoms with Crippen LogP contribution in [-0.2, 0) is 38.9 Å². The number of aldehydes is 1. The molecule has 4 unspecified atom stereocenters. The standard InChI is InChI=1S/C20H25N2.C10H13NO.2C10H20.4CH3.ClH.2Fe/c1-13-8-15(3)20(16(4)9-13)21-11-17-10-14(2)18-6-5-7-19(18)22(17)12-21;1-7-5-8(6-12)11-10-4-2-3-9(7)10;2*1-6-7(2)9(4)10(5)8(6)3;;;;;;;/h8-12,18-19H,5-7H2,1-4H3;5-6,9-10H,2-4H2,1H3;2*6-10H,1-5H3;4*1H3;1H;;/q+1;;;;4*-1;;2*+2/p-1. The Bertz CT molecular complexity index is 1590. The molecule has 7 heteroatoms. The number of allylic oxidation sites excluding steroid dienone is 2. The number of aryl methyl sites for hydroxylation is 3. The molecule has 350 valence electrons. The van der Waals surface area contributed by atoms with Gasteiger partial charge in [-0.2, -0.15) is 0 Å². The van der Waals surface area contributed by atoms with Gasteiger partial charge in [-0.3, -0.25) is 9.79 Å². The smallest absolute Gasteiger partial charge is 1.00 e. The Hall–Kier alpha value is -1.42. The molecule has 1 aromatic heterocycles. The Kier molecular flexibility index (Phi) is 28.4. The van der Waals surface area contributed by atoms with Crippen LogP contribution < -0.4 is 17.0 Å². The van der Waals surface area contributed by atoms with Gasteiger partial charge in [-0.15, -0.1) is 0 Å². The normalized spacial score (nSPS) is 33.2. The fourth-order valence-corrected chi connectivity index (χ4v) is 11.7. The van der Waals surface area contributed by atoms with Crippen molar-refractivity contribution in [3.63, 3.8) is 0 Å². The second kappa shape index (κ2) is 27.1. The van der Waals surface area contributed by atoms with E-state index >= 15 is 0 Å². The maximum atomic E-state index is 10.5. The molecule has 0 amide bonds. The van der Waals surface area contributed by atoms with Gasteiger partial charge in [0.05, 0.1) is 11.8 Å². The molecule has 3 heterocycles. The van der Waals surface area contributed by atoms with E-state index in [1.54, 1.807) is 5.57 Å². The van der Waals surface area contributed by atoms with Crippen LogP contribution in [0.15, 0.2) is 46.9 Å². The third kappa shape index (κ3) is 13.8. The Morgan fingerprint density at radius 3 is 1.41 bits per heavy atom. The van der Waals surface area contributed by atoms with Crippen LogP contribution in [0.25, 0.3) is 11.8 Å². The number of benzene rings is 1. The van der Waals surface area contributed by atoms with Crippen molar-refractivity contribution in [1.29, 1.82) is 0 Å². The van der Waals surface area contributed by atoms with Crippen LogP contribution in [0.1, 0.15) is 150 Å². The van der Waals surface area contributed by atoms with Crippen LogP contribution in [0.2, 0.25) is 0 Å². The van der Waals surface area contributed by atoms with Gasteiger partial charge in [0.1, 0.15) is 17.9 Å². The Balaban J connectivity index is -0.000000753. The van der Waals surface area contributed by atoms with Crippen LogP contribution in [0, 0.1) is 121 Å². The van der Waals surface area contributed by atoms with Crippen molar-refractivity contribution < 1.29 is 55.9 Å². The summed E-state index contributed by atoms with van der Waals surface area (Å²) in [5.41, 5.74) is 10.3. The summed E-state index contributed by atoms with van der Waals surface area (Å²) in [5, 5.41) is 0. The molecule has 0 saturated heterocycles. The van der Waals surface area contributed by atoms with E-state index in [0.717, 1.165) is 77.8 Å². The summed E-state index contributed by atoms with van der Waals surface area (Å²) in [6.45, 7) is 35.0. The van der Waals surface area contributed by atoms with E-state index in [1.165, 1.54) is 65.7 Å². The fourth-order valence-electron chi connectivity index (χ4n) is 11.7. The maximum Gasteiger partial charge on any atom is 2.00 e. The number of nitrogens with zero attached hydrogens (tertiary/aromatic N) is 3. The molecule has 4 aliphatic carbocycles. The topological polar surface area (TPSA) is 38.2 Å². The van der Waals surface area contributed by atoms with Crippen LogP contribution >= 0.6 is 0 Å². The molecule has 0 radical (unpaired) electrons.